The normalized spacial score (nSPS) is 50.6. The first-order chi connectivity index (χ1) is 17.0. The number of hydrogen-bond acceptors (Lipinski definition) is 4. The summed E-state index contributed by atoms with van der Waals surface area (Å²) in [4.78, 5) is 33.1. The van der Waals surface area contributed by atoms with E-state index in [0.29, 0.717) is 11.7 Å². The molecular weight excluding hydrogens is 460 g/mol. The Labute approximate surface area is 225 Å². The van der Waals surface area contributed by atoms with Gasteiger partial charge in [-0.15, -0.1) is 0 Å². The number of fused-ring (bicyclic) bond motifs is 7. The van der Waals surface area contributed by atoms with Gasteiger partial charge in [-0.3, -0.25) is 14.4 Å². The van der Waals surface area contributed by atoms with E-state index >= 15 is 0 Å². The lowest BCUT2D eigenvalue weighted by atomic mass is 9.33. The van der Waals surface area contributed by atoms with Gasteiger partial charge in [-0.05, 0) is 103 Å². The van der Waals surface area contributed by atoms with E-state index in [0.717, 1.165) is 51.4 Å². The molecule has 4 saturated carbocycles. The molecule has 0 spiro atoms. The molecule has 5 nitrogen and oxygen atoms in total. The highest BCUT2D eigenvalue weighted by molar-refractivity contribution is 5.95. The van der Waals surface area contributed by atoms with Crippen LogP contribution in [0.25, 0.3) is 0 Å². The monoisotopic (exact) mass is 512 g/mol. The summed E-state index contributed by atoms with van der Waals surface area (Å²) < 4.78 is 0. The quantitative estimate of drug-likeness (QED) is 0.440. The smallest absolute Gasteiger partial charge is 0.251 e. The van der Waals surface area contributed by atoms with Gasteiger partial charge in [-0.2, -0.15) is 0 Å². The van der Waals surface area contributed by atoms with Crippen LogP contribution in [0.15, 0.2) is 11.6 Å². The van der Waals surface area contributed by atoms with Crippen molar-refractivity contribution in [2.45, 2.75) is 112 Å². The third kappa shape index (κ3) is 3.41. The summed E-state index contributed by atoms with van der Waals surface area (Å²) in [5.41, 5.74) is 7.64. The maximum atomic E-state index is 14.4. The van der Waals surface area contributed by atoms with E-state index in [1.54, 1.807) is 14.2 Å². The van der Waals surface area contributed by atoms with Gasteiger partial charge in [0.1, 0.15) is 0 Å². The molecule has 0 aliphatic heterocycles. The molecular formula is C32H52N2O3. The second-order valence-corrected chi connectivity index (χ2v) is 15.7. The molecule has 37 heavy (non-hydrogen) atoms. The number of carbonyl (C=O) groups is 2. The number of nitrogens with two attached hydrogens (primary N) is 1. The van der Waals surface area contributed by atoms with Crippen molar-refractivity contribution < 1.29 is 14.4 Å². The molecule has 0 saturated heterocycles. The lowest BCUT2D eigenvalue weighted by molar-refractivity contribution is -0.192. The van der Waals surface area contributed by atoms with Crippen molar-refractivity contribution in [2.75, 3.05) is 14.2 Å². The molecule has 208 valence electrons. The standard InChI is InChI=1S/C32H52N2O3/c1-27(2)23-10-13-32(7)25(30(23,5)12-11-24(27)33)22(35)18-20-21-19-29(4,26(36)34(8)37-9)15-14-28(21,3)16-17-31(20,32)6/h18,21,23-25H,10-17,19,33H2,1-9H3/t21-,23?,24-,25+,28+,29-,30-,31+,32+/m0/s1. The number of ketones is 1. The van der Waals surface area contributed by atoms with Crippen LogP contribution in [-0.2, 0) is 14.4 Å². The van der Waals surface area contributed by atoms with E-state index in [1.165, 1.54) is 17.1 Å². The Hall–Kier alpha value is -1.20. The van der Waals surface area contributed by atoms with Gasteiger partial charge in [0.25, 0.3) is 5.91 Å². The largest absolute Gasteiger partial charge is 0.327 e. The third-order valence-electron chi connectivity index (χ3n) is 13.8. The molecule has 4 fully saturated rings. The van der Waals surface area contributed by atoms with Crippen molar-refractivity contribution in [3.05, 3.63) is 11.6 Å². The van der Waals surface area contributed by atoms with Gasteiger partial charge in [0, 0.05) is 24.4 Å². The van der Waals surface area contributed by atoms with Crippen LogP contribution in [0.4, 0.5) is 0 Å². The average Bonchev–Trinajstić information content (AvgIpc) is 2.83. The Bertz CT molecular complexity index is 1040. The summed E-state index contributed by atoms with van der Waals surface area (Å²) in [6, 6.07) is 0.202. The van der Waals surface area contributed by atoms with E-state index in [-0.39, 0.29) is 50.9 Å². The van der Waals surface area contributed by atoms with Crippen molar-refractivity contribution >= 4 is 11.7 Å². The fourth-order valence-corrected chi connectivity index (χ4v) is 10.9. The Balaban J connectivity index is 1.59. The van der Waals surface area contributed by atoms with Crippen molar-refractivity contribution in [2.24, 2.45) is 56.0 Å². The van der Waals surface area contributed by atoms with Gasteiger partial charge in [0.05, 0.1) is 7.11 Å². The molecule has 0 heterocycles. The summed E-state index contributed by atoms with van der Waals surface area (Å²) in [7, 11) is 3.28. The van der Waals surface area contributed by atoms with Crippen molar-refractivity contribution in [1.29, 1.82) is 0 Å². The van der Waals surface area contributed by atoms with E-state index in [2.05, 4.69) is 54.5 Å². The SMILES string of the molecule is CON(C)C(=O)[C@@]1(C)CC[C@]2(C)CC[C@]3(C)C(=CC(=O)[C@@H]4[C@@]5(C)CC[C@H](N)C(C)(C)C5CC[C@]43C)[C@@H]2C1. The van der Waals surface area contributed by atoms with E-state index in [1.807, 2.05) is 0 Å². The fourth-order valence-electron chi connectivity index (χ4n) is 10.9. The molecule has 9 atom stereocenters. The minimum absolute atomic E-state index is 0.0204. The number of hydrogen-bond donors (Lipinski definition) is 1. The lowest BCUT2D eigenvalue weighted by Gasteiger charge is -2.70. The Kier molecular flexibility index (Phi) is 6.04. The van der Waals surface area contributed by atoms with E-state index in [9.17, 15) is 9.59 Å². The lowest BCUT2D eigenvalue weighted by Crippen LogP contribution is -2.67. The maximum Gasteiger partial charge on any atom is 0.251 e. The van der Waals surface area contributed by atoms with Crippen LogP contribution >= 0.6 is 0 Å². The minimum Gasteiger partial charge on any atom is -0.327 e. The van der Waals surface area contributed by atoms with Crippen LogP contribution < -0.4 is 5.73 Å². The van der Waals surface area contributed by atoms with E-state index in [4.69, 9.17) is 10.6 Å². The average molecular weight is 513 g/mol. The zero-order valence-electron chi connectivity index (χ0n) is 25.0. The Morgan fingerprint density at radius 1 is 0.973 bits per heavy atom. The predicted octanol–water partition coefficient (Wildman–Crippen LogP) is 6.31. The Morgan fingerprint density at radius 2 is 1.62 bits per heavy atom. The first kappa shape index (κ1) is 27.4. The molecule has 2 N–H and O–H groups in total. The molecule has 1 unspecified atom stereocenters. The summed E-state index contributed by atoms with van der Waals surface area (Å²) in [6.45, 7) is 16.6. The molecule has 0 bridgehead atoms. The second-order valence-electron chi connectivity index (χ2n) is 15.7. The van der Waals surface area contributed by atoms with Crippen molar-refractivity contribution in [3.8, 4) is 0 Å². The molecule has 5 rings (SSSR count). The number of nitrogens with zero attached hydrogens (tertiary/aromatic N) is 1. The molecule has 0 aromatic rings. The fraction of sp³-hybridized carbons (Fsp3) is 0.875. The molecule has 5 aliphatic rings. The summed E-state index contributed by atoms with van der Waals surface area (Å²) in [5, 5.41) is 1.40. The molecule has 0 aromatic heterocycles. The van der Waals surface area contributed by atoms with Crippen LogP contribution in [0, 0.1) is 50.2 Å². The number of allylic oxidation sites excluding steroid dienone is 2. The highest BCUT2D eigenvalue weighted by atomic mass is 16.7. The van der Waals surface area contributed by atoms with Gasteiger partial charge < -0.3 is 5.73 Å². The number of hydroxylamine groups is 2. The van der Waals surface area contributed by atoms with Gasteiger partial charge >= 0.3 is 0 Å². The zero-order valence-corrected chi connectivity index (χ0v) is 25.0. The molecule has 0 radical (unpaired) electrons. The third-order valence-corrected chi connectivity index (χ3v) is 13.8. The topological polar surface area (TPSA) is 72.6 Å². The zero-order chi connectivity index (χ0) is 27.4. The van der Waals surface area contributed by atoms with Crippen LogP contribution in [0.2, 0.25) is 0 Å². The maximum absolute atomic E-state index is 14.4. The van der Waals surface area contributed by atoms with Gasteiger partial charge in [0.2, 0.25) is 0 Å². The van der Waals surface area contributed by atoms with Crippen LogP contribution in [0.1, 0.15) is 106 Å². The second kappa shape index (κ2) is 8.16. The predicted molar refractivity (Wildman–Crippen MR) is 147 cm³/mol. The summed E-state index contributed by atoms with van der Waals surface area (Å²) in [5.74, 6) is 1.18. The highest BCUT2D eigenvalue weighted by Gasteiger charge is 2.70. The van der Waals surface area contributed by atoms with Crippen LogP contribution in [0.3, 0.4) is 0 Å². The molecule has 1 amide bonds. The van der Waals surface area contributed by atoms with E-state index < -0.39 is 5.41 Å². The number of amides is 1. The van der Waals surface area contributed by atoms with Gasteiger partial charge in [-0.1, -0.05) is 54.0 Å². The summed E-state index contributed by atoms with van der Waals surface area (Å²) in [6.07, 6.45) is 11.4. The minimum atomic E-state index is -0.470. The molecule has 0 aromatic carbocycles. The molecule has 5 aliphatic carbocycles. The molecule has 5 heteroatoms. The van der Waals surface area contributed by atoms with Crippen LogP contribution in [0.5, 0.6) is 0 Å². The first-order valence-corrected chi connectivity index (χ1v) is 14.8. The Morgan fingerprint density at radius 3 is 2.27 bits per heavy atom. The van der Waals surface area contributed by atoms with Gasteiger partial charge in [-0.25, -0.2) is 5.06 Å². The first-order valence-electron chi connectivity index (χ1n) is 14.8. The number of rotatable bonds is 2. The van der Waals surface area contributed by atoms with Crippen molar-refractivity contribution in [1.82, 2.24) is 5.06 Å². The van der Waals surface area contributed by atoms with Crippen LogP contribution in [-0.4, -0.2) is 37.0 Å². The van der Waals surface area contributed by atoms with Gasteiger partial charge in [0.15, 0.2) is 5.78 Å². The summed E-state index contributed by atoms with van der Waals surface area (Å²) >= 11 is 0. The highest BCUT2D eigenvalue weighted by Crippen LogP contribution is 2.75. The number of carbonyl (C=O) groups excluding carboxylic acids is 2. The van der Waals surface area contributed by atoms with Crippen molar-refractivity contribution in [3.63, 3.8) is 0 Å².